The van der Waals surface area contributed by atoms with Crippen molar-refractivity contribution in [3.8, 4) is 0 Å². The molecule has 0 aliphatic heterocycles. The molecule has 2 N–H and O–H groups in total. The standard InChI is InChI=1S/C13H18FNO2/c1-3-4-5-11(13(16)17)15-12-8-9(2)6-7-10(12)14/h6-8,11,15H,3-5H2,1-2H3,(H,16,17). The topological polar surface area (TPSA) is 49.3 Å². The normalized spacial score (nSPS) is 12.2. The largest absolute Gasteiger partial charge is 0.480 e. The lowest BCUT2D eigenvalue weighted by Gasteiger charge is -2.16. The summed E-state index contributed by atoms with van der Waals surface area (Å²) >= 11 is 0. The molecule has 1 aromatic rings. The number of rotatable bonds is 6. The molecule has 0 fully saturated rings. The number of aliphatic carboxylic acids is 1. The number of nitrogens with one attached hydrogen (secondary N) is 1. The molecule has 0 radical (unpaired) electrons. The molecular formula is C13H18FNO2. The van der Waals surface area contributed by atoms with E-state index in [1.165, 1.54) is 6.07 Å². The minimum atomic E-state index is -0.945. The Labute approximate surface area is 101 Å². The number of benzene rings is 1. The summed E-state index contributed by atoms with van der Waals surface area (Å²) in [5.74, 6) is -1.36. The second-order valence-corrected chi connectivity index (χ2v) is 4.16. The second-order valence-electron chi connectivity index (χ2n) is 4.16. The van der Waals surface area contributed by atoms with Crippen molar-refractivity contribution in [2.24, 2.45) is 0 Å². The van der Waals surface area contributed by atoms with Crippen molar-refractivity contribution >= 4 is 11.7 Å². The van der Waals surface area contributed by atoms with Crippen LogP contribution in [0.4, 0.5) is 10.1 Å². The van der Waals surface area contributed by atoms with Crippen molar-refractivity contribution in [2.45, 2.75) is 39.2 Å². The lowest BCUT2D eigenvalue weighted by atomic mass is 10.1. The molecule has 0 saturated heterocycles. The van der Waals surface area contributed by atoms with Crippen LogP contribution < -0.4 is 5.32 Å². The summed E-state index contributed by atoms with van der Waals surface area (Å²) in [4.78, 5) is 11.0. The van der Waals surface area contributed by atoms with Crippen LogP contribution in [0.1, 0.15) is 31.7 Å². The van der Waals surface area contributed by atoms with E-state index in [9.17, 15) is 9.18 Å². The van der Waals surface area contributed by atoms with Gasteiger partial charge in [-0.2, -0.15) is 0 Å². The van der Waals surface area contributed by atoms with Crippen LogP contribution in [-0.4, -0.2) is 17.1 Å². The Morgan fingerprint density at radius 2 is 2.24 bits per heavy atom. The Kier molecular flexibility index (Phi) is 4.94. The molecule has 0 bridgehead atoms. The van der Waals surface area contributed by atoms with Gasteiger partial charge in [-0.3, -0.25) is 0 Å². The van der Waals surface area contributed by atoms with Crippen LogP contribution in [0.25, 0.3) is 0 Å². The summed E-state index contributed by atoms with van der Waals surface area (Å²) in [6.45, 7) is 3.83. The van der Waals surface area contributed by atoms with Gasteiger partial charge in [-0.1, -0.05) is 25.8 Å². The summed E-state index contributed by atoms with van der Waals surface area (Å²) < 4.78 is 13.5. The maximum atomic E-state index is 13.5. The monoisotopic (exact) mass is 239 g/mol. The van der Waals surface area contributed by atoms with E-state index in [0.29, 0.717) is 6.42 Å². The molecule has 0 spiro atoms. The zero-order valence-corrected chi connectivity index (χ0v) is 10.2. The van der Waals surface area contributed by atoms with Crippen LogP contribution in [-0.2, 0) is 4.79 Å². The molecule has 0 aliphatic rings. The molecule has 0 heterocycles. The molecule has 17 heavy (non-hydrogen) atoms. The number of anilines is 1. The Morgan fingerprint density at radius 3 is 2.82 bits per heavy atom. The summed E-state index contributed by atoms with van der Waals surface area (Å²) in [5.41, 5.74) is 1.15. The maximum absolute atomic E-state index is 13.5. The lowest BCUT2D eigenvalue weighted by molar-refractivity contribution is -0.138. The Hall–Kier alpha value is -1.58. The quantitative estimate of drug-likeness (QED) is 0.801. The molecule has 0 amide bonds. The van der Waals surface area contributed by atoms with Gasteiger partial charge in [0.15, 0.2) is 0 Å². The second kappa shape index (κ2) is 6.23. The Bertz CT molecular complexity index is 393. The third-order valence-electron chi connectivity index (χ3n) is 2.60. The number of carboxylic acids is 1. The highest BCUT2D eigenvalue weighted by molar-refractivity contribution is 5.77. The SMILES string of the molecule is CCCCC(Nc1cc(C)ccc1F)C(=O)O. The van der Waals surface area contributed by atoms with Crippen molar-refractivity contribution in [1.82, 2.24) is 0 Å². The van der Waals surface area contributed by atoms with Gasteiger partial charge in [0.05, 0.1) is 5.69 Å². The van der Waals surface area contributed by atoms with Crippen LogP contribution in [0.3, 0.4) is 0 Å². The molecule has 0 saturated carbocycles. The number of hydrogen-bond acceptors (Lipinski definition) is 2. The number of halogens is 1. The van der Waals surface area contributed by atoms with Crippen molar-refractivity contribution in [2.75, 3.05) is 5.32 Å². The first-order valence-electron chi connectivity index (χ1n) is 5.80. The zero-order valence-electron chi connectivity index (χ0n) is 10.2. The van der Waals surface area contributed by atoms with Crippen LogP contribution in [0, 0.1) is 12.7 Å². The van der Waals surface area contributed by atoms with E-state index in [0.717, 1.165) is 18.4 Å². The zero-order chi connectivity index (χ0) is 12.8. The molecular weight excluding hydrogens is 221 g/mol. The van der Waals surface area contributed by atoms with Crippen molar-refractivity contribution in [1.29, 1.82) is 0 Å². The number of carbonyl (C=O) groups is 1. The first-order valence-corrected chi connectivity index (χ1v) is 5.80. The molecule has 0 aliphatic carbocycles. The van der Waals surface area contributed by atoms with E-state index in [1.54, 1.807) is 12.1 Å². The summed E-state index contributed by atoms with van der Waals surface area (Å²) in [6, 6.07) is 3.89. The highest BCUT2D eigenvalue weighted by Gasteiger charge is 2.17. The molecule has 0 aromatic heterocycles. The molecule has 3 nitrogen and oxygen atoms in total. The van der Waals surface area contributed by atoms with Crippen molar-refractivity contribution < 1.29 is 14.3 Å². The van der Waals surface area contributed by atoms with Gasteiger partial charge >= 0.3 is 5.97 Å². The minimum Gasteiger partial charge on any atom is -0.480 e. The number of aryl methyl sites for hydroxylation is 1. The lowest BCUT2D eigenvalue weighted by Crippen LogP contribution is -2.29. The third-order valence-corrected chi connectivity index (χ3v) is 2.60. The fourth-order valence-corrected chi connectivity index (χ4v) is 1.60. The number of carboxylic acid groups (broad SMARTS) is 1. The Morgan fingerprint density at radius 1 is 1.53 bits per heavy atom. The fourth-order valence-electron chi connectivity index (χ4n) is 1.60. The van der Waals surface area contributed by atoms with Gasteiger partial charge in [0.1, 0.15) is 11.9 Å². The van der Waals surface area contributed by atoms with E-state index in [2.05, 4.69) is 5.32 Å². The maximum Gasteiger partial charge on any atom is 0.326 e. The van der Waals surface area contributed by atoms with Crippen LogP contribution in [0.15, 0.2) is 18.2 Å². The molecule has 1 aromatic carbocycles. The average molecular weight is 239 g/mol. The smallest absolute Gasteiger partial charge is 0.326 e. The molecule has 1 rings (SSSR count). The Balaban J connectivity index is 2.78. The predicted octanol–water partition coefficient (Wildman–Crippen LogP) is 3.19. The van der Waals surface area contributed by atoms with Gasteiger partial charge in [-0.05, 0) is 31.0 Å². The van der Waals surface area contributed by atoms with Crippen molar-refractivity contribution in [3.63, 3.8) is 0 Å². The molecule has 1 atom stereocenters. The molecule has 1 unspecified atom stereocenters. The van der Waals surface area contributed by atoms with Gasteiger partial charge in [0.2, 0.25) is 0 Å². The fraction of sp³-hybridized carbons (Fsp3) is 0.462. The van der Waals surface area contributed by atoms with E-state index >= 15 is 0 Å². The van der Waals surface area contributed by atoms with E-state index in [4.69, 9.17) is 5.11 Å². The number of hydrogen-bond donors (Lipinski definition) is 2. The highest BCUT2D eigenvalue weighted by atomic mass is 19.1. The van der Waals surface area contributed by atoms with Gasteiger partial charge in [0, 0.05) is 0 Å². The van der Waals surface area contributed by atoms with Crippen LogP contribution in [0.2, 0.25) is 0 Å². The van der Waals surface area contributed by atoms with E-state index in [1.807, 2.05) is 13.8 Å². The summed E-state index contributed by atoms with van der Waals surface area (Å²) in [5, 5.41) is 11.8. The summed E-state index contributed by atoms with van der Waals surface area (Å²) in [7, 11) is 0. The minimum absolute atomic E-state index is 0.258. The summed E-state index contributed by atoms with van der Waals surface area (Å²) in [6.07, 6.45) is 2.22. The van der Waals surface area contributed by atoms with Crippen LogP contribution >= 0.6 is 0 Å². The van der Waals surface area contributed by atoms with Gasteiger partial charge in [0.25, 0.3) is 0 Å². The van der Waals surface area contributed by atoms with Crippen LogP contribution in [0.5, 0.6) is 0 Å². The van der Waals surface area contributed by atoms with Gasteiger partial charge < -0.3 is 10.4 Å². The first kappa shape index (κ1) is 13.5. The number of unbranched alkanes of at least 4 members (excludes halogenated alkanes) is 1. The highest BCUT2D eigenvalue weighted by Crippen LogP contribution is 2.18. The first-order chi connectivity index (χ1) is 8.04. The van der Waals surface area contributed by atoms with Gasteiger partial charge in [-0.25, -0.2) is 9.18 Å². The third kappa shape index (κ3) is 4.06. The van der Waals surface area contributed by atoms with E-state index < -0.39 is 17.8 Å². The van der Waals surface area contributed by atoms with Crippen molar-refractivity contribution in [3.05, 3.63) is 29.6 Å². The molecule has 94 valence electrons. The van der Waals surface area contributed by atoms with Gasteiger partial charge in [-0.15, -0.1) is 0 Å². The average Bonchev–Trinajstić information content (AvgIpc) is 2.28. The molecule has 4 heteroatoms. The predicted molar refractivity (Wildman–Crippen MR) is 65.7 cm³/mol. The van der Waals surface area contributed by atoms with E-state index in [-0.39, 0.29) is 5.69 Å².